The van der Waals surface area contributed by atoms with E-state index in [1.165, 1.54) is 13.8 Å². The number of hydrogen-bond acceptors (Lipinski definition) is 5. The van der Waals surface area contributed by atoms with Gasteiger partial charge in [-0.05, 0) is 32.6 Å². The van der Waals surface area contributed by atoms with Gasteiger partial charge in [0.25, 0.3) is 0 Å². The summed E-state index contributed by atoms with van der Waals surface area (Å²) in [5, 5.41) is 0. The lowest BCUT2D eigenvalue weighted by molar-refractivity contribution is -0.159. The van der Waals surface area contributed by atoms with Crippen molar-refractivity contribution in [1.29, 1.82) is 0 Å². The number of methoxy groups -OCH3 is 1. The number of hydrogen-bond donors (Lipinski definition) is 0. The van der Waals surface area contributed by atoms with E-state index in [2.05, 4.69) is 0 Å². The largest absolute Gasteiger partial charge is 0.462 e. The van der Waals surface area contributed by atoms with Crippen LogP contribution in [0.3, 0.4) is 0 Å². The Bertz CT molecular complexity index is 311. The van der Waals surface area contributed by atoms with E-state index in [9.17, 15) is 9.59 Å². The molecule has 0 heterocycles. The van der Waals surface area contributed by atoms with Gasteiger partial charge in [-0.3, -0.25) is 9.59 Å². The van der Waals surface area contributed by atoms with Crippen molar-refractivity contribution < 1.29 is 23.8 Å². The van der Waals surface area contributed by atoms with Crippen LogP contribution in [-0.2, 0) is 23.8 Å². The first-order valence-electron chi connectivity index (χ1n) is 7.03. The summed E-state index contributed by atoms with van der Waals surface area (Å²) in [5.74, 6) is -0.591. The standard InChI is InChI=1S/C15H28O5/c1-11(8-7-9-15(4,5)18-6)14(20-13(3)17)10-19-12(2)16/h11,14H,7-10H2,1-6H3/t11-,14+/m0/s1. The Morgan fingerprint density at radius 1 is 1.15 bits per heavy atom. The van der Waals surface area contributed by atoms with E-state index >= 15 is 0 Å². The topological polar surface area (TPSA) is 61.8 Å². The van der Waals surface area contributed by atoms with Crippen LogP contribution in [0.4, 0.5) is 0 Å². The molecule has 0 bridgehead atoms. The maximum Gasteiger partial charge on any atom is 0.303 e. The zero-order valence-corrected chi connectivity index (χ0v) is 13.5. The van der Waals surface area contributed by atoms with Crippen LogP contribution in [0.15, 0.2) is 0 Å². The van der Waals surface area contributed by atoms with Gasteiger partial charge in [0.1, 0.15) is 12.7 Å². The minimum atomic E-state index is -0.387. The Balaban J connectivity index is 4.28. The highest BCUT2D eigenvalue weighted by Gasteiger charge is 2.23. The molecule has 0 saturated heterocycles. The molecule has 5 heteroatoms. The number of rotatable bonds is 9. The lowest BCUT2D eigenvalue weighted by Crippen LogP contribution is -2.30. The van der Waals surface area contributed by atoms with E-state index in [-0.39, 0.29) is 36.2 Å². The quantitative estimate of drug-likeness (QED) is 0.610. The van der Waals surface area contributed by atoms with E-state index in [1.54, 1.807) is 7.11 Å². The summed E-state index contributed by atoms with van der Waals surface area (Å²) < 4.78 is 15.5. The normalized spacial score (nSPS) is 14.5. The fourth-order valence-corrected chi connectivity index (χ4v) is 1.86. The summed E-state index contributed by atoms with van der Waals surface area (Å²) in [5.41, 5.74) is -0.146. The average Bonchev–Trinajstić information content (AvgIpc) is 2.33. The predicted octanol–water partition coefficient (Wildman–Crippen LogP) is 2.71. The van der Waals surface area contributed by atoms with Crippen molar-refractivity contribution in [1.82, 2.24) is 0 Å². The van der Waals surface area contributed by atoms with Crippen molar-refractivity contribution in [2.75, 3.05) is 13.7 Å². The fourth-order valence-electron chi connectivity index (χ4n) is 1.86. The lowest BCUT2D eigenvalue weighted by atomic mass is 9.93. The van der Waals surface area contributed by atoms with Crippen LogP contribution in [0.25, 0.3) is 0 Å². The molecule has 0 amide bonds. The summed E-state index contributed by atoms with van der Waals surface area (Å²) in [6.07, 6.45) is 2.38. The molecule has 0 aromatic heterocycles. The molecule has 0 aliphatic carbocycles. The molecular formula is C15H28O5. The van der Waals surface area contributed by atoms with Crippen LogP contribution >= 0.6 is 0 Å². The maximum absolute atomic E-state index is 11.1. The van der Waals surface area contributed by atoms with Crippen LogP contribution in [0.2, 0.25) is 0 Å². The molecule has 5 nitrogen and oxygen atoms in total. The van der Waals surface area contributed by atoms with E-state index in [0.29, 0.717) is 0 Å². The molecule has 2 atom stereocenters. The van der Waals surface area contributed by atoms with Gasteiger partial charge in [-0.15, -0.1) is 0 Å². The van der Waals surface area contributed by atoms with Gasteiger partial charge in [-0.1, -0.05) is 13.3 Å². The Morgan fingerprint density at radius 3 is 2.20 bits per heavy atom. The van der Waals surface area contributed by atoms with Gasteiger partial charge in [0.2, 0.25) is 0 Å². The molecule has 0 radical (unpaired) electrons. The summed E-state index contributed by atoms with van der Waals surface area (Å²) in [6, 6.07) is 0. The molecular weight excluding hydrogens is 260 g/mol. The van der Waals surface area contributed by atoms with Crippen LogP contribution in [0.5, 0.6) is 0 Å². The molecule has 0 aromatic carbocycles. The smallest absolute Gasteiger partial charge is 0.303 e. The van der Waals surface area contributed by atoms with Crippen molar-refractivity contribution in [3.05, 3.63) is 0 Å². The van der Waals surface area contributed by atoms with Gasteiger partial charge in [0.15, 0.2) is 0 Å². The molecule has 0 aliphatic heterocycles. The predicted molar refractivity (Wildman–Crippen MR) is 76.3 cm³/mol. The van der Waals surface area contributed by atoms with Crippen LogP contribution < -0.4 is 0 Å². The van der Waals surface area contributed by atoms with Crippen molar-refractivity contribution in [2.24, 2.45) is 5.92 Å². The number of ether oxygens (including phenoxy) is 3. The highest BCUT2D eigenvalue weighted by molar-refractivity contribution is 5.67. The first-order chi connectivity index (χ1) is 9.18. The first-order valence-corrected chi connectivity index (χ1v) is 7.03. The number of esters is 2. The first kappa shape index (κ1) is 18.9. The molecule has 0 rings (SSSR count). The highest BCUT2D eigenvalue weighted by atomic mass is 16.6. The highest BCUT2D eigenvalue weighted by Crippen LogP contribution is 2.21. The van der Waals surface area contributed by atoms with Crippen molar-refractivity contribution in [2.45, 2.75) is 65.6 Å². The molecule has 20 heavy (non-hydrogen) atoms. The Labute approximate surface area is 122 Å². The molecule has 0 aromatic rings. The Kier molecular flexibility index (Phi) is 8.46. The second-order valence-corrected chi connectivity index (χ2v) is 5.78. The van der Waals surface area contributed by atoms with E-state index in [4.69, 9.17) is 14.2 Å². The third kappa shape index (κ3) is 8.91. The van der Waals surface area contributed by atoms with Crippen molar-refractivity contribution in [3.8, 4) is 0 Å². The van der Waals surface area contributed by atoms with Gasteiger partial charge in [-0.25, -0.2) is 0 Å². The number of carbonyl (C=O) groups excluding carboxylic acids is 2. The summed E-state index contributed by atoms with van der Waals surface area (Å²) in [7, 11) is 1.70. The molecule has 0 unspecified atom stereocenters. The van der Waals surface area contributed by atoms with E-state index in [0.717, 1.165) is 19.3 Å². The third-order valence-electron chi connectivity index (χ3n) is 3.39. The summed E-state index contributed by atoms with van der Waals surface area (Å²) >= 11 is 0. The average molecular weight is 288 g/mol. The zero-order chi connectivity index (χ0) is 15.8. The van der Waals surface area contributed by atoms with Crippen LogP contribution in [0.1, 0.15) is 53.9 Å². The molecule has 0 N–H and O–H groups in total. The maximum atomic E-state index is 11.1. The third-order valence-corrected chi connectivity index (χ3v) is 3.39. The molecule has 0 fully saturated rings. The SMILES string of the molecule is COC(C)(C)CCC[C@H](C)[C@@H](COC(C)=O)OC(C)=O. The second-order valence-electron chi connectivity index (χ2n) is 5.78. The summed E-state index contributed by atoms with van der Waals surface area (Å²) in [4.78, 5) is 22.0. The molecule has 0 spiro atoms. The van der Waals surface area contributed by atoms with E-state index < -0.39 is 0 Å². The molecule has 0 saturated carbocycles. The molecule has 118 valence electrons. The van der Waals surface area contributed by atoms with Gasteiger partial charge >= 0.3 is 11.9 Å². The van der Waals surface area contributed by atoms with Crippen LogP contribution in [0, 0.1) is 5.92 Å². The van der Waals surface area contributed by atoms with Gasteiger partial charge < -0.3 is 14.2 Å². The van der Waals surface area contributed by atoms with Gasteiger partial charge in [-0.2, -0.15) is 0 Å². The van der Waals surface area contributed by atoms with Gasteiger partial charge in [0, 0.05) is 21.0 Å². The van der Waals surface area contributed by atoms with Crippen molar-refractivity contribution in [3.63, 3.8) is 0 Å². The second kappa shape index (κ2) is 8.95. The summed E-state index contributed by atoms with van der Waals surface area (Å²) in [6.45, 7) is 8.90. The van der Waals surface area contributed by atoms with E-state index in [1.807, 2.05) is 20.8 Å². The zero-order valence-electron chi connectivity index (χ0n) is 13.5. The lowest BCUT2D eigenvalue weighted by Gasteiger charge is -2.26. The van der Waals surface area contributed by atoms with Crippen LogP contribution in [-0.4, -0.2) is 37.4 Å². The van der Waals surface area contributed by atoms with Gasteiger partial charge in [0.05, 0.1) is 5.60 Å². The number of carbonyl (C=O) groups is 2. The minimum absolute atomic E-state index is 0.115. The Hall–Kier alpha value is -1.10. The monoisotopic (exact) mass is 288 g/mol. The molecule has 0 aliphatic rings. The van der Waals surface area contributed by atoms with Crippen molar-refractivity contribution >= 4 is 11.9 Å². The Morgan fingerprint density at radius 2 is 1.75 bits per heavy atom. The fraction of sp³-hybridized carbons (Fsp3) is 0.867. The minimum Gasteiger partial charge on any atom is -0.462 e.